The Kier molecular flexibility index (Phi) is 7.80. The molecule has 39 heavy (non-hydrogen) atoms. The Bertz CT molecular complexity index is 1000. The average molecular weight is 545 g/mol. The number of rotatable bonds is 6. The predicted molar refractivity (Wildman–Crippen MR) is 150 cm³/mol. The number of ether oxygens (including phenoxy) is 2. The van der Waals surface area contributed by atoms with Crippen LogP contribution in [0.15, 0.2) is 11.1 Å². The van der Waals surface area contributed by atoms with Crippen LogP contribution in [-0.4, -0.2) is 46.6 Å². The predicted octanol–water partition coefficient (Wildman–Crippen LogP) is 6.12. The van der Waals surface area contributed by atoms with E-state index in [-0.39, 0.29) is 53.4 Å². The summed E-state index contributed by atoms with van der Waals surface area (Å²) in [5.41, 5.74) is 2.54. The molecule has 0 spiro atoms. The van der Waals surface area contributed by atoms with Crippen molar-refractivity contribution in [2.75, 3.05) is 0 Å². The fraction of sp³-hybridized carbons (Fsp3) is 0.879. The molecule has 5 rings (SSSR count). The molecule has 1 heterocycles. The number of carbonyl (C=O) groups excluding carboxylic acids is 2. The number of hydrogen-bond acceptors (Lipinski definition) is 6. The molecule has 4 aliphatic carbocycles. The highest BCUT2D eigenvalue weighted by molar-refractivity contribution is 5.76. The van der Waals surface area contributed by atoms with Crippen LogP contribution in [0.25, 0.3) is 0 Å². The van der Waals surface area contributed by atoms with Gasteiger partial charge in [0.2, 0.25) is 0 Å². The number of fused-ring (bicyclic) bond motifs is 4. The van der Waals surface area contributed by atoms with Gasteiger partial charge in [0.1, 0.15) is 12.2 Å². The largest absolute Gasteiger partial charge is 0.462 e. The smallest absolute Gasteiger partial charge is 0.311 e. The topological polar surface area (TPSA) is 93.1 Å². The van der Waals surface area contributed by atoms with Crippen molar-refractivity contribution in [3.8, 4) is 0 Å². The van der Waals surface area contributed by atoms with Crippen molar-refractivity contribution in [1.82, 2.24) is 0 Å². The fourth-order valence-electron chi connectivity index (χ4n) is 9.53. The SMILES string of the molecule is CCC(C)(C)C(=O)O[C@H]1C[C@H]2C(=C3CC[C@H]([C@H](C)C[C@@H]4C[C@@H](O)CC(=O)O4)[C@]31C)CC[C@@H]1C[C@H](O)CC[C@@]12C. The molecule has 220 valence electrons. The van der Waals surface area contributed by atoms with Crippen LogP contribution >= 0.6 is 0 Å². The molecule has 4 fully saturated rings. The molecular weight excluding hydrogens is 492 g/mol. The van der Waals surface area contributed by atoms with Gasteiger partial charge in [0.05, 0.1) is 24.0 Å². The minimum absolute atomic E-state index is 0.0890. The van der Waals surface area contributed by atoms with E-state index in [0.717, 1.165) is 64.2 Å². The van der Waals surface area contributed by atoms with Gasteiger partial charge < -0.3 is 19.7 Å². The zero-order valence-electron chi connectivity index (χ0n) is 25.1. The van der Waals surface area contributed by atoms with Gasteiger partial charge in [0.25, 0.3) is 0 Å². The van der Waals surface area contributed by atoms with Gasteiger partial charge in [-0.25, -0.2) is 0 Å². The van der Waals surface area contributed by atoms with E-state index in [1.54, 1.807) is 5.57 Å². The van der Waals surface area contributed by atoms with Crippen LogP contribution in [0.3, 0.4) is 0 Å². The van der Waals surface area contributed by atoms with Crippen molar-refractivity contribution in [3.63, 3.8) is 0 Å². The van der Waals surface area contributed by atoms with Crippen LogP contribution in [0.5, 0.6) is 0 Å². The summed E-state index contributed by atoms with van der Waals surface area (Å²) in [4.78, 5) is 25.6. The number of allylic oxidation sites excluding steroid dienone is 1. The van der Waals surface area contributed by atoms with E-state index in [0.29, 0.717) is 24.2 Å². The lowest BCUT2D eigenvalue weighted by atomic mass is 9.48. The van der Waals surface area contributed by atoms with E-state index in [9.17, 15) is 19.8 Å². The van der Waals surface area contributed by atoms with Crippen LogP contribution in [-0.2, 0) is 19.1 Å². The van der Waals surface area contributed by atoms with E-state index in [1.165, 1.54) is 5.57 Å². The van der Waals surface area contributed by atoms with Crippen LogP contribution < -0.4 is 0 Å². The van der Waals surface area contributed by atoms with E-state index < -0.39 is 11.5 Å². The molecular formula is C33H52O6. The van der Waals surface area contributed by atoms with Gasteiger partial charge in [-0.15, -0.1) is 0 Å². The molecule has 0 unspecified atom stereocenters. The summed E-state index contributed by atoms with van der Waals surface area (Å²) in [6, 6.07) is 0. The molecule has 0 amide bonds. The van der Waals surface area contributed by atoms with E-state index in [4.69, 9.17) is 9.47 Å². The highest BCUT2D eigenvalue weighted by Gasteiger charge is 2.61. The lowest BCUT2D eigenvalue weighted by Crippen LogP contribution is -2.54. The summed E-state index contributed by atoms with van der Waals surface area (Å²) in [6.45, 7) is 13.1. The molecule has 0 aromatic rings. The average Bonchev–Trinajstić information content (AvgIpc) is 3.22. The standard InChI is InChI=1S/C33H52O6/c1-7-31(3,4)30(37)39-28-18-27-24(9-8-20-15-21(34)12-13-32(20,27)5)26-11-10-25(33(26,28)6)19(2)14-23-16-22(35)17-29(36)38-23/h19-23,25,27-28,34-35H,7-18H2,1-6H3/t19-,20-,21-,22-,23-,25-,27+,28+,32+,33-/m1/s1. The van der Waals surface area contributed by atoms with E-state index in [1.807, 2.05) is 20.8 Å². The van der Waals surface area contributed by atoms with Gasteiger partial charge >= 0.3 is 11.9 Å². The van der Waals surface area contributed by atoms with Crippen molar-refractivity contribution < 1.29 is 29.3 Å². The maximum atomic E-state index is 13.6. The second-order valence-electron chi connectivity index (χ2n) is 14.9. The first-order valence-electron chi connectivity index (χ1n) is 15.8. The number of esters is 2. The van der Waals surface area contributed by atoms with Gasteiger partial charge in [-0.1, -0.05) is 38.8 Å². The molecule has 2 N–H and O–H groups in total. The maximum absolute atomic E-state index is 13.6. The summed E-state index contributed by atoms with van der Waals surface area (Å²) >= 11 is 0. The molecule has 0 bridgehead atoms. The summed E-state index contributed by atoms with van der Waals surface area (Å²) in [7, 11) is 0. The highest BCUT2D eigenvalue weighted by Crippen LogP contribution is 2.66. The Hall–Kier alpha value is -1.40. The minimum Gasteiger partial charge on any atom is -0.462 e. The molecule has 0 radical (unpaired) electrons. The van der Waals surface area contributed by atoms with Crippen molar-refractivity contribution in [1.29, 1.82) is 0 Å². The van der Waals surface area contributed by atoms with Crippen LogP contribution in [0.2, 0.25) is 0 Å². The summed E-state index contributed by atoms with van der Waals surface area (Å²) in [5, 5.41) is 20.7. The molecule has 0 aromatic heterocycles. The van der Waals surface area contributed by atoms with Crippen molar-refractivity contribution in [2.45, 2.75) is 143 Å². The Labute approximate surface area is 235 Å². The molecule has 3 saturated carbocycles. The number of carbonyl (C=O) groups is 2. The molecule has 0 aromatic carbocycles. The van der Waals surface area contributed by atoms with Crippen LogP contribution in [0.4, 0.5) is 0 Å². The second-order valence-corrected chi connectivity index (χ2v) is 14.9. The van der Waals surface area contributed by atoms with Crippen LogP contribution in [0.1, 0.15) is 119 Å². The molecule has 10 atom stereocenters. The van der Waals surface area contributed by atoms with E-state index >= 15 is 0 Å². The Morgan fingerprint density at radius 1 is 1.10 bits per heavy atom. The first kappa shape index (κ1) is 29.1. The summed E-state index contributed by atoms with van der Waals surface area (Å²) in [6.07, 6.45) is 8.80. The monoisotopic (exact) mass is 544 g/mol. The van der Waals surface area contributed by atoms with Gasteiger partial charge in [-0.2, -0.15) is 0 Å². The third kappa shape index (κ3) is 5.00. The lowest BCUT2D eigenvalue weighted by Gasteiger charge is -2.58. The van der Waals surface area contributed by atoms with Gasteiger partial charge in [-0.05, 0) is 107 Å². The van der Waals surface area contributed by atoms with Gasteiger partial charge in [0.15, 0.2) is 0 Å². The lowest BCUT2D eigenvalue weighted by molar-refractivity contribution is -0.173. The number of aliphatic hydroxyl groups is 2. The normalized spacial score (nSPS) is 43.2. The highest BCUT2D eigenvalue weighted by atomic mass is 16.6. The Morgan fingerprint density at radius 2 is 1.85 bits per heavy atom. The van der Waals surface area contributed by atoms with Gasteiger partial charge in [0, 0.05) is 11.8 Å². The zero-order chi connectivity index (χ0) is 28.3. The maximum Gasteiger partial charge on any atom is 0.311 e. The second kappa shape index (κ2) is 10.5. The number of aliphatic hydroxyl groups excluding tert-OH is 2. The van der Waals surface area contributed by atoms with Crippen LogP contribution in [0, 0.1) is 39.9 Å². The quantitative estimate of drug-likeness (QED) is 0.309. The molecule has 6 nitrogen and oxygen atoms in total. The molecule has 6 heteroatoms. The third-order valence-electron chi connectivity index (χ3n) is 12.4. The fourth-order valence-corrected chi connectivity index (χ4v) is 9.53. The first-order chi connectivity index (χ1) is 18.3. The Morgan fingerprint density at radius 3 is 2.54 bits per heavy atom. The third-order valence-corrected chi connectivity index (χ3v) is 12.4. The zero-order valence-corrected chi connectivity index (χ0v) is 25.1. The number of hydrogen-bond donors (Lipinski definition) is 2. The van der Waals surface area contributed by atoms with Crippen molar-refractivity contribution in [3.05, 3.63) is 11.1 Å². The Balaban J connectivity index is 1.49. The van der Waals surface area contributed by atoms with Gasteiger partial charge in [-0.3, -0.25) is 9.59 Å². The molecule has 1 aliphatic heterocycles. The first-order valence-corrected chi connectivity index (χ1v) is 15.8. The van der Waals surface area contributed by atoms with Crippen molar-refractivity contribution >= 4 is 11.9 Å². The minimum atomic E-state index is -0.620. The molecule has 1 saturated heterocycles. The van der Waals surface area contributed by atoms with E-state index in [2.05, 4.69) is 20.8 Å². The summed E-state index contributed by atoms with van der Waals surface area (Å²) in [5.74, 6) is 1.11. The summed E-state index contributed by atoms with van der Waals surface area (Å²) < 4.78 is 12.3. The molecule has 5 aliphatic rings. The van der Waals surface area contributed by atoms with Crippen molar-refractivity contribution in [2.24, 2.45) is 39.9 Å². The number of cyclic esters (lactones) is 1.